The van der Waals surface area contributed by atoms with Crippen molar-refractivity contribution in [3.63, 3.8) is 0 Å². The van der Waals surface area contributed by atoms with Crippen LogP contribution in [0.25, 0.3) is 0 Å². The smallest absolute Gasteiger partial charge is 0.545 e. The number of carboxylic acid groups (broad SMARTS) is 2. The second-order valence-electron chi connectivity index (χ2n) is 6.26. The SMILES string of the molecule is CC(C)=CCC/C(C)=C/C(=O)[O-].CC(C)=CCC/C(C)=C/C(=O)[O-].[Mg+2]. The van der Waals surface area contributed by atoms with Gasteiger partial charge in [0, 0.05) is 0 Å². The van der Waals surface area contributed by atoms with E-state index < -0.39 is 11.9 Å². The first kappa shape index (κ1) is 28.5. The summed E-state index contributed by atoms with van der Waals surface area (Å²) in [4.78, 5) is 20.2. The van der Waals surface area contributed by atoms with Gasteiger partial charge in [0.1, 0.15) is 0 Å². The van der Waals surface area contributed by atoms with Gasteiger partial charge >= 0.3 is 23.1 Å². The normalized spacial score (nSPS) is 10.6. The zero-order valence-corrected chi connectivity index (χ0v) is 17.9. The zero-order valence-electron chi connectivity index (χ0n) is 16.5. The molecular formula is C20H30MgO4. The molecule has 0 amide bonds. The van der Waals surface area contributed by atoms with Crippen molar-refractivity contribution in [3.8, 4) is 0 Å². The topological polar surface area (TPSA) is 80.3 Å². The van der Waals surface area contributed by atoms with Gasteiger partial charge in [0.25, 0.3) is 0 Å². The molecule has 0 fully saturated rings. The van der Waals surface area contributed by atoms with Gasteiger partial charge < -0.3 is 19.8 Å². The van der Waals surface area contributed by atoms with Gasteiger partial charge in [-0.1, -0.05) is 34.4 Å². The van der Waals surface area contributed by atoms with Crippen LogP contribution in [0.1, 0.15) is 67.2 Å². The minimum atomic E-state index is -1.11. The van der Waals surface area contributed by atoms with Crippen molar-refractivity contribution in [2.45, 2.75) is 67.2 Å². The molecule has 25 heavy (non-hydrogen) atoms. The number of hydrogen-bond donors (Lipinski definition) is 0. The molecule has 0 bridgehead atoms. The Kier molecular flexibility index (Phi) is 19.9. The maximum absolute atomic E-state index is 10.1. The van der Waals surface area contributed by atoms with Crippen LogP contribution in [0.4, 0.5) is 0 Å². The predicted molar refractivity (Wildman–Crippen MR) is 101 cm³/mol. The summed E-state index contributed by atoms with van der Waals surface area (Å²) < 4.78 is 0. The molecule has 136 valence electrons. The van der Waals surface area contributed by atoms with E-state index in [0.717, 1.165) is 49.0 Å². The third-order valence-corrected chi connectivity index (χ3v) is 2.91. The number of rotatable bonds is 8. The van der Waals surface area contributed by atoms with Gasteiger partial charge in [0.15, 0.2) is 0 Å². The van der Waals surface area contributed by atoms with E-state index in [4.69, 9.17) is 0 Å². The number of allylic oxidation sites excluding steroid dienone is 6. The molecule has 0 saturated heterocycles. The van der Waals surface area contributed by atoms with E-state index >= 15 is 0 Å². The van der Waals surface area contributed by atoms with E-state index in [0.29, 0.717) is 0 Å². The summed E-state index contributed by atoms with van der Waals surface area (Å²) in [5.74, 6) is -2.21. The van der Waals surface area contributed by atoms with Crippen molar-refractivity contribution < 1.29 is 19.8 Å². The summed E-state index contributed by atoms with van der Waals surface area (Å²) in [7, 11) is 0. The molecule has 0 spiro atoms. The Morgan fingerprint density at radius 2 is 0.960 bits per heavy atom. The van der Waals surface area contributed by atoms with Crippen molar-refractivity contribution in [2.24, 2.45) is 0 Å². The van der Waals surface area contributed by atoms with Crippen LogP contribution in [0.3, 0.4) is 0 Å². The maximum Gasteiger partial charge on any atom is 2.00 e. The first-order valence-corrected chi connectivity index (χ1v) is 8.07. The Balaban J connectivity index is -0.000000372. The summed E-state index contributed by atoms with van der Waals surface area (Å²) in [6.07, 6.45) is 9.87. The molecule has 0 N–H and O–H groups in total. The molecule has 5 heteroatoms. The second kappa shape index (κ2) is 17.5. The molecule has 0 rings (SSSR count). The molecule has 4 nitrogen and oxygen atoms in total. The number of carbonyl (C=O) groups is 2. The van der Waals surface area contributed by atoms with Crippen molar-refractivity contribution in [3.05, 3.63) is 46.6 Å². The fraction of sp³-hybridized carbons (Fsp3) is 0.500. The van der Waals surface area contributed by atoms with Crippen LogP contribution in [0.2, 0.25) is 0 Å². The van der Waals surface area contributed by atoms with Gasteiger partial charge in [-0.15, -0.1) is 0 Å². The molecule has 0 aliphatic carbocycles. The standard InChI is InChI=1S/2C10H16O2.Mg/c2*1-8(2)5-4-6-9(3)7-10(11)12;/h2*5,7H,4,6H2,1-3H3,(H,11,12);/q;;+2/p-2/b2*9-7+;. The minimum absolute atomic E-state index is 0. The van der Waals surface area contributed by atoms with Gasteiger partial charge in [-0.25, -0.2) is 0 Å². The van der Waals surface area contributed by atoms with Crippen LogP contribution in [-0.2, 0) is 9.59 Å². The van der Waals surface area contributed by atoms with Gasteiger partial charge in [-0.05, 0) is 79.4 Å². The van der Waals surface area contributed by atoms with E-state index in [1.54, 1.807) is 13.8 Å². The van der Waals surface area contributed by atoms with Crippen LogP contribution in [0, 0.1) is 0 Å². The molecule has 0 aliphatic rings. The monoisotopic (exact) mass is 358 g/mol. The second-order valence-corrected chi connectivity index (χ2v) is 6.26. The van der Waals surface area contributed by atoms with E-state index in [1.165, 1.54) is 11.1 Å². The maximum atomic E-state index is 10.1. The molecule has 0 radical (unpaired) electrons. The Morgan fingerprint density at radius 1 is 0.680 bits per heavy atom. The van der Waals surface area contributed by atoms with Crippen molar-refractivity contribution in [1.82, 2.24) is 0 Å². The van der Waals surface area contributed by atoms with E-state index in [1.807, 2.05) is 27.7 Å². The average Bonchev–Trinajstić information content (AvgIpc) is 2.36. The quantitative estimate of drug-likeness (QED) is 0.379. The molecular weight excluding hydrogens is 329 g/mol. The third kappa shape index (κ3) is 27.8. The summed E-state index contributed by atoms with van der Waals surface area (Å²) >= 11 is 0. The third-order valence-electron chi connectivity index (χ3n) is 2.91. The minimum Gasteiger partial charge on any atom is -0.545 e. The van der Waals surface area contributed by atoms with Gasteiger partial charge in [0.05, 0.1) is 11.9 Å². The van der Waals surface area contributed by atoms with Crippen molar-refractivity contribution in [1.29, 1.82) is 0 Å². The zero-order chi connectivity index (χ0) is 19.1. The van der Waals surface area contributed by atoms with E-state index in [9.17, 15) is 19.8 Å². The van der Waals surface area contributed by atoms with Crippen molar-refractivity contribution in [2.75, 3.05) is 0 Å². The predicted octanol–water partition coefficient (Wildman–Crippen LogP) is 2.48. The first-order chi connectivity index (χ1) is 11.0. The van der Waals surface area contributed by atoms with Gasteiger partial charge in [0.2, 0.25) is 0 Å². The number of aliphatic carboxylic acids is 2. The molecule has 0 aliphatic heterocycles. The van der Waals surface area contributed by atoms with Gasteiger partial charge in [-0.3, -0.25) is 0 Å². The van der Waals surface area contributed by atoms with E-state index in [2.05, 4.69) is 12.2 Å². The molecule has 0 aromatic rings. The molecule has 0 saturated carbocycles. The first-order valence-electron chi connectivity index (χ1n) is 8.07. The van der Waals surface area contributed by atoms with Crippen LogP contribution in [0.5, 0.6) is 0 Å². The Morgan fingerprint density at radius 3 is 1.16 bits per heavy atom. The fourth-order valence-electron chi connectivity index (χ4n) is 1.72. The molecule has 0 heterocycles. The van der Waals surface area contributed by atoms with Crippen LogP contribution in [-0.4, -0.2) is 35.0 Å². The summed E-state index contributed by atoms with van der Waals surface area (Å²) in [6, 6.07) is 0. The molecule has 0 atom stereocenters. The van der Waals surface area contributed by atoms with Crippen LogP contribution in [0.15, 0.2) is 46.6 Å². The Bertz CT molecular complexity index is 470. The molecule has 0 aromatic carbocycles. The average molecular weight is 359 g/mol. The van der Waals surface area contributed by atoms with Crippen molar-refractivity contribution >= 4 is 35.0 Å². The van der Waals surface area contributed by atoms with Crippen LogP contribution < -0.4 is 10.2 Å². The number of carbonyl (C=O) groups excluding carboxylic acids is 2. The summed E-state index contributed by atoms with van der Waals surface area (Å²) in [5, 5.41) is 20.2. The molecule has 0 aromatic heterocycles. The largest absolute Gasteiger partial charge is 2.00 e. The number of hydrogen-bond acceptors (Lipinski definition) is 4. The summed E-state index contributed by atoms with van der Waals surface area (Å²) in [5.41, 5.74) is 4.23. The Hall–Kier alpha value is -1.33. The van der Waals surface area contributed by atoms with E-state index in [-0.39, 0.29) is 23.1 Å². The van der Waals surface area contributed by atoms with Crippen LogP contribution >= 0.6 is 0 Å². The van der Waals surface area contributed by atoms with Gasteiger partial charge in [-0.2, -0.15) is 0 Å². The Labute approximate surface area is 168 Å². The molecule has 0 unspecified atom stereocenters. The fourth-order valence-corrected chi connectivity index (χ4v) is 1.72. The summed E-state index contributed by atoms with van der Waals surface area (Å²) in [6.45, 7) is 11.7. The number of carboxylic acids is 2.